The number of carbonyl (C=O) groups is 2. The summed E-state index contributed by atoms with van der Waals surface area (Å²) in [5, 5.41) is 0.575. The van der Waals surface area contributed by atoms with Crippen LogP contribution in [0.15, 0.2) is 18.2 Å². The van der Waals surface area contributed by atoms with E-state index in [1.165, 1.54) is 51.4 Å². The highest BCUT2D eigenvalue weighted by molar-refractivity contribution is 6.30. The van der Waals surface area contributed by atoms with E-state index < -0.39 is 17.4 Å². The third kappa shape index (κ3) is 9.52. The van der Waals surface area contributed by atoms with Gasteiger partial charge in [-0.2, -0.15) is 0 Å². The van der Waals surface area contributed by atoms with Crippen molar-refractivity contribution in [1.82, 2.24) is 0 Å². The van der Waals surface area contributed by atoms with Gasteiger partial charge in [-0.25, -0.2) is 0 Å². The molecule has 5 heteroatoms. The minimum atomic E-state index is -1.27. The van der Waals surface area contributed by atoms with Crippen LogP contribution in [0.4, 0.5) is 0 Å². The molecule has 0 radical (unpaired) electrons. The molecule has 0 saturated carbocycles. The molecule has 182 valence electrons. The second kappa shape index (κ2) is 16.1. The zero-order chi connectivity index (χ0) is 23.8. The molecular weight excluding hydrogens is 424 g/mol. The number of halogens is 1. The maximum Gasteiger partial charge on any atom is 0.328 e. The molecule has 32 heavy (non-hydrogen) atoms. The summed E-state index contributed by atoms with van der Waals surface area (Å²) in [4.78, 5) is 25.8. The van der Waals surface area contributed by atoms with E-state index in [2.05, 4.69) is 6.92 Å². The van der Waals surface area contributed by atoms with Crippen molar-refractivity contribution in [2.45, 2.75) is 111 Å². The van der Waals surface area contributed by atoms with Crippen molar-refractivity contribution in [1.29, 1.82) is 0 Å². The van der Waals surface area contributed by atoms with Gasteiger partial charge in [0.05, 0.1) is 6.61 Å². The van der Waals surface area contributed by atoms with Crippen LogP contribution in [0.2, 0.25) is 5.02 Å². The van der Waals surface area contributed by atoms with E-state index in [1.54, 1.807) is 18.2 Å². The Hall–Kier alpha value is -1.55. The van der Waals surface area contributed by atoms with Crippen molar-refractivity contribution >= 4 is 23.5 Å². The molecule has 1 aromatic carbocycles. The van der Waals surface area contributed by atoms with Crippen LogP contribution in [0.5, 0.6) is 5.75 Å². The van der Waals surface area contributed by atoms with Gasteiger partial charge in [-0.05, 0) is 49.9 Å². The normalized spacial score (nSPS) is 11.4. The summed E-state index contributed by atoms with van der Waals surface area (Å²) in [7, 11) is 0. The van der Waals surface area contributed by atoms with Crippen molar-refractivity contribution in [3.8, 4) is 5.75 Å². The van der Waals surface area contributed by atoms with Crippen LogP contribution in [0, 0.1) is 12.3 Å². The zero-order valence-electron chi connectivity index (χ0n) is 20.6. The average Bonchev–Trinajstić information content (AvgIpc) is 2.77. The molecule has 0 amide bonds. The average molecular weight is 467 g/mol. The molecule has 1 rings (SSSR count). The van der Waals surface area contributed by atoms with Crippen LogP contribution in [-0.4, -0.2) is 18.5 Å². The molecule has 0 aliphatic carbocycles. The fraction of sp³-hybridized carbons (Fsp3) is 0.704. The Morgan fingerprint density at radius 1 is 0.812 bits per heavy atom. The molecule has 0 atom stereocenters. The van der Waals surface area contributed by atoms with Crippen LogP contribution in [0.3, 0.4) is 0 Å². The molecule has 0 aliphatic rings. The second-order valence-corrected chi connectivity index (χ2v) is 9.20. The highest BCUT2D eigenvalue weighted by Gasteiger charge is 2.46. The number of ether oxygens (including phenoxy) is 2. The smallest absolute Gasteiger partial charge is 0.328 e. The highest BCUT2D eigenvalue weighted by Crippen LogP contribution is 2.32. The third-order valence-electron chi connectivity index (χ3n) is 6.31. The molecule has 4 nitrogen and oxygen atoms in total. The lowest BCUT2D eigenvalue weighted by Gasteiger charge is -2.27. The second-order valence-electron chi connectivity index (χ2n) is 8.76. The first-order valence-electron chi connectivity index (χ1n) is 12.6. The SMILES string of the molecule is CCCCCCCCCCCCCOC(=O)C(CC)(CC)C(=O)Oc1ccc(Cl)cc1C. The summed E-state index contributed by atoms with van der Waals surface area (Å²) in [6, 6.07) is 5.05. The van der Waals surface area contributed by atoms with Crippen molar-refractivity contribution in [2.75, 3.05) is 6.61 Å². The standard InChI is InChI=1S/C27H43ClO4/c1-5-8-9-10-11-12-13-14-15-16-17-20-31-25(29)27(6-2,7-3)26(30)32-24-19-18-23(28)21-22(24)4/h18-19,21H,5-17,20H2,1-4H3. The Bertz CT molecular complexity index is 682. The first-order valence-corrected chi connectivity index (χ1v) is 12.9. The number of carbonyl (C=O) groups excluding carboxylic acids is 2. The van der Waals surface area contributed by atoms with E-state index in [1.807, 2.05) is 20.8 Å². The number of unbranched alkanes of at least 4 members (excludes halogenated alkanes) is 10. The van der Waals surface area contributed by atoms with Crippen LogP contribution in [0.1, 0.15) is 110 Å². The molecule has 1 aromatic rings. The molecule has 0 spiro atoms. The predicted octanol–water partition coefficient (Wildman–Crippen LogP) is 8.21. The summed E-state index contributed by atoms with van der Waals surface area (Å²) in [5.41, 5.74) is -0.523. The zero-order valence-corrected chi connectivity index (χ0v) is 21.4. The highest BCUT2D eigenvalue weighted by atomic mass is 35.5. The first-order chi connectivity index (χ1) is 15.4. The lowest BCUT2D eigenvalue weighted by molar-refractivity contribution is -0.168. The van der Waals surface area contributed by atoms with Gasteiger partial charge in [-0.15, -0.1) is 0 Å². The predicted molar refractivity (Wildman–Crippen MR) is 132 cm³/mol. The molecule has 0 aromatic heterocycles. The summed E-state index contributed by atoms with van der Waals surface area (Å²) >= 11 is 5.98. The van der Waals surface area contributed by atoms with Crippen LogP contribution < -0.4 is 4.74 Å². The number of esters is 2. The Morgan fingerprint density at radius 3 is 1.84 bits per heavy atom. The minimum absolute atomic E-state index is 0.339. The summed E-state index contributed by atoms with van der Waals surface area (Å²) in [6.45, 7) is 8.06. The van der Waals surface area contributed by atoms with E-state index in [0.29, 0.717) is 30.2 Å². The minimum Gasteiger partial charge on any atom is -0.465 e. The Balaban J connectivity index is 2.36. The van der Waals surface area contributed by atoms with E-state index in [-0.39, 0.29) is 0 Å². The van der Waals surface area contributed by atoms with E-state index in [0.717, 1.165) is 24.8 Å². The Morgan fingerprint density at radius 2 is 1.34 bits per heavy atom. The van der Waals surface area contributed by atoms with Gasteiger partial charge in [0.15, 0.2) is 5.41 Å². The summed E-state index contributed by atoms with van der Waals surface area (Å²) < 4.78 is 11.1. The van der Waals surface area contributed by atoms with Crippen LogP contribution in [0.25, 0.3) is 0 Å². The van der Waals surface area contributed by atoms with Gasteiger partial charge in [0.2, 0.25) is 0 Å². The quantitative estimate of drug-likeness (QED) is 0.100. The van der Waals surface area contributed by atoms with E-state index in [4.69, 9.17) is 21.1 Å². The monoisotopic (exact) mass is 466 g/mol. The molecule has 0 fully saturated rings. The maximum absolute atomic E-state index is 12.9. The van der Waals surface area contributed by atoms with Gasteiger partial charge < -0.3 is 9.47 Å². The van der Waals surface area contributed by atoms with Gasteiger partial charge >= 0.3 is 11.9 Å². The van der Waals surface area contributed by atoms with Gasteiger partial charge in [-0.1, -0.05) is 96.6 Å². The van der Waals surface area contributed by atoms with Crippen molar-refractivity contribution in [3.63, 3.8) is 0 Å². The fourth-order valence-corrected chi connectivity index (χ4v) is 4.13. The number of rotatable bonds is 17. The summed E-state index contributed by atoms with van der Waals surface area (Å²) in [6.07, 6.45) is 14.3. The lowest BCUT2D eigenvalue weighted by Crippen LogP contribution is -2.42. The molecule has 0 bridgehead atoms. The Labute approximate surface area is 200 Å². The number of aryl methyl sites for hydroxylation is 1. The molecular formula is C27H43ClO4. The van der Waals surface area contributed by atoms with Gasteiger partial charge in [0.1, 0.15) is 5.75 Å². The summed E-state index contributed by atoms with van der Waals surface area (Å²) in [5.74, 6) is -0.619. The van der Waals surface area contributed by atoms with Gasteiger partial charge in [0, 0.05) is 5.02 Å². The van der Waals surface area contributed by atoms with Gasteiger partial charge in [-0.3, -0.25) is 9.59 Å². The lowest BCUT2D eigenvalue weighted by atomic mass is 9.82. The van der Waals surface area contributed by atoms with Crippen molar-refractivity contribution in [2.24, 2.45) is 5.41 Å². The van der Waals surface area contributed by atoms with Gasteiger partial charge in [0.25, 0.3) is 0 Å². The fourth-order valence-electron chi connectivity index (χ4n) is 3.90. The largest absolute Gasteiger partial charge is 0.465 e. The van der Waals surface area contributed by atoms with Crippen LogP contribution >= 0.6 is 11.6 Å². The topological polar surface area (TPSA) is 52.6 Å². The molecule has 0 unspecified atom stereocenters. The molecule has 0 aliphatic heterocycles. The molecule has 0 heterocycles. The van der Waals surface area contributed by atoms with Crippen LogP contribution in [-0.2, 0) is 14.3 Å². The number of hydrogen-bond acceptors (Lipinski definition) is 4. The molecule has 0 saturated heterocycles. The molecule has 0 N–H and O–H groups in total. The maximum atomic E-state index is 12.9. The third-order valence-corrected chi connectivity index (χ3v) is 6.54. The first kappa shape index (κ1) is 28.5. The number of benzene rings is 1. The van der Waals surface area contributed by atoms with Crippen molar-refractivity contribution in [3.05, 3.63) is 28.8 Å². The van der Waals surface area contributed by atoms with E-state index >= 15 is 0 Å². The Kier molecular flexibility index (Phi) is 14.4. The van der Waals surface area contributed by atoms with Crippen molar-refractivity contribution < 1.29 is 19.1 Å². The van der Waals surface area contributed by atoms with E-state index in [9.17, 15) is 9.59 Å². The number of hydrogen-bond donors (Lipinski definition) is 0.